The van der Waals surface area contributed by atoms with E-state index in [0.717, 1.165) is 12.0 Å². The molecule has 2 aromatic rings. The molecular weight excluding hydrogens is 296 g/mol. The van der Waals surface area contributed by atoms with Crippen molar-refractivity contribution in [2.24, 2.45) is 0 Å². The normalized spacial score (nSPS) is 11.6. The molecule has 1 aromatic carbocycles. The van der Waals surface area contributed by atoms with Gasteiger partial charge in [-0.05, 0) is 37.1 Å². The molecule has 1 heterocycles. The van der Waals surface area contributed by atoms with Crippen LogP contribution < -0.4 is 10.0 Å². The highest BCUT2D eigenvalue weighted by Gasteiger charge is 2.23. The van der Waals surface area contributed by atoms with Crippen LogP contribution in [0.25, 0.3) is 0 Å². The molecule has 2 rings (SSSR count). The van der Waals surface area contributed by atoms with Gasteiger partial charge in [-0.15, -0.1) is 0 Å². The van der Waals surface area contributed by atoms with Gasteiger partial charge in [0, 0.05) is 17.8 Å². The van der Waals surface area contributed by atoms with E-state index in [2.05, 4.69) is 5.32 Å². The summed E-state index contributed by atoms with van der Waals surface area (Å²) in [5, 5.41) is 14.1. The summed E-state index contributed by atoms with van der Waals surface area (Å²) in [5.41, 5.74) is 1.61. The van der Waals surface area contributed by atoms with Crippen molar-refractivity contribution in [3.8, 4) is 0 Å². The topological polar surface area (TPSA) is 82.3 Å². The van der Waals surface area contributed by atoms with E-state index in [0.29, 0.717) is 10.4 Å². The molecule has 6 heteroatoms. The van der Waals surface area contributed by atoms with Crippen molar-refractivity contribution in [2.45, 2.75) is 26.4 Å². The molecule has 6 nitrogen and oxygen atoms in total. The van der Waals surface area contributed by atoms with Crippen molar-refractivity contribution < 1.29 is 19.1 Å². The van der Waals surface area contributed by atoms with Gasteiger partial charge in [0.1, 0.15) is 0 Å². The molecular formula is C17H18N2O4. The van der Waals surface area contributed by atoms with Crippen molar-refractivity contribution in [3.63, 3.8) is 0 Å². The van der Waals surface area contributed by atoms with Crippen LogP contribution >= 0.6 is 0 Å². The molecule has 0 saturated heterocycles. The lowest BCUT2D eigenvalue weighted by atomic mass is 10.1. The number of anilines is 1. The van der Waals surface area contributed by atoms with Crippen molar-refractivity contribution in [3.05, 3.63) is 65.1 Å². The van der Waals surface area contributed by atoms with E-state index in [-0.39, 0.29) is 5.69 Å². The van der Waals surface area contributed by atoms with Gasteiger partial charge in [-0.1, -0.05) is 19.1 Å². The van der Waals surface area contributed by atoms with Crippen molar-refractivity contribution >= 4 is 17.6 Å². The summed E-state index contributed by atoms with van der Waals surface area (Å²) in [6.07, 6.45) is 1.08. The second-order valence-electron chi connectivity index (χ2n) is 5.00. The summed E-state index contributed by atoms with van der Waals surface area (Å²) >= 11 is 0. The Kier molecular flexibility index (Phi) is 5.30. The number of rotatable bonds is 5. The minimum Gasteiger partial charge on any atom is -0.618 e. The van der Waals surface area contributed by atoms with E-state index in [1.165, 1.54) is 25.3 Å². The summed E-state index contributed by atoms with van der Waals surface area (Å²) in [6.45, 7) is 3.49. The number of aryl methyl sites for hydroxylation is 1. The summed E-state index contributed by atoms with van der Waals surface area (Å²) in [7, 11) is 0. The Morgan fingerprint density at radius 3 is 2.52 bits per heavy atom. The lowest BCUT2D eigenvalue weighted by molar-refractivity contribution is -0.608. The number of pyridine rings is 1. The van der Waals surface area contributed by atoms with Crippen molar-refractivity contribution in [2.75, 3.05) is 5.32 Å². The molecule has 1 N–H and O–H groups in total. The molecule has 0 unspecified atom stereocenters. The average molecular weight is 314 g/mol. The highest BCUT2D eigenvalue weighted by molar-refractivity contribution is 5.96. The predicted octanol–water partition coefficient (Wildman–Crippen LogP) is 2.07. The number of carbonyl (C=O) groups excluding carboxylic acids is 2. The molecule has 0 saturated carbocycles. The van der Waals surface area contributed by atoms with Gasteiger partial charge in [-0.3, -0.25) is 4.79 Å². The third-order valence-electron chi connectivity index (χ3n) is 3.32. The Morgan fingerprint density at radius 1 is 1.22 bits per heavy atom. The fourth-order valence-electron chi connectivity index (χ4n) is 1.93. The van der Waals surface area contributed by atoms with E-state index < -0.39 is 18.0 Å². The zero-order valence-corrected chi connectivity index (χ0v) is 13.0. The molecule has 0 bridgehead atoms. The summed E-state index contributed by atoms with van der Waals surface area (Å²) < 4.78 is 5.42. The Balaban J connectivity index is 1.96. The number of nitrogens with one attached hydrogen (secondary N) is 1. The number of aromatic nitrogens is 1. The molecule has 23 heavy (non-hydrogen) atoms. The number of esters is 1. The highest BCUT2D eigenvalue weighted by Crippen LogP contribution is 2.11. The molecule has 0 radical (unpaired) electrons. The summed E-state index contributed by atoms with van der Waals surface area (Å²) in [6, 6.07) is 11.8. The fraction of sp³-hybridized carbons (Fsp3) is 0.235. The zero-order valence-electron chi connectivity index (χ0n) is 13.0. The maximum absolute atomic E-state index is 12.0. The summed E-state index contributed by atoms with van der Waals surface area (Å²) in [5.74, 6) is -1.31. The first kappa shape index (κ1) is 16.5. The van der Waals surface area contributed by atoms with Gasteiger partial charge in [0.15, 0.2) is 12.3 Å². The first-order valence-electron chi connectivity index (χ1n) is 7.30. The van der Waals surface area contributed by atoms with Crippen LogP contribution in [-0.4, -0.2) is 18.0 Å². The van der Waals surface area contributed by atoms with E-state index in [1.54, 1.807) is 18.2 Å². The van der Waals surface area contributed by atoms with Gasteiger partial charge in [-0.2, -0.15) is 4.73 Å². The summed E-state index contributed by atoms with van der Waals surface area (Å²) in [4.78, 5) is 23.9. The Bertz CT molecular complexity index is 698. The second-order valence-corrected chi connectivity index (χ2v) is 5.00. The molecule has 0 aliphatic heterocycles. The molecule has 0 aliphatic rings. The molecule has 0 fully saturated rings. The van der Waals surface area contributed by atoms with Crippen molar-refractivity contribution in [1.82, 2.24) is 0 Å². The fourth-order valence-corrected chi connectivity index (χ4v) is 1.93. The first-order valence-corrected chi connectivity index (χ1v) is 7.30. The van der Waals surface area contributed by atoms with E-state index >= 15 is 0 Å². The average Bonchev–Trinajstić information content (AvgIpc) is 2.55. The van der Waals surface area contributed by atoms with Gasteiger partial charge < -0.3 is 15.3 Å². The van der Waals surface area contributed by atoms with E-state index in [4.69, 9.17) is 4.74 Å². The number of carbonyl (C=O) groups is 2. The quantitative estimate of drug-likeness (QED) is 0.520. The third kappa shape index (κ3) is 4.29. The van der Waals surface area contributed by atoms with Gasteiger partial charge >= 0.3 is 11.7 Å². The molecule has 1 aromatic heterocycles. The lowest BCUT2D eigenvalue weighted by Gasteiger charge is -2.13. The Labute approximate surface area is 134 Å². The molecule has 0 spiro atoms. The molecule has 1 atom stereocenters. The van der Waals surface area contributed by atoms with Crippen molar-refractivity contribution in [1.29, 1.82) is 0 Å². The van der Waals surface area contributed by atoms with Crippen LogP contribution in [0.4, 0.5) is 5.69 Å². The molecule has 1 amide bonds. The van der Waals surface area contributed by atoms with E-state index in [1.807, 2.05) is 19.1 Å². The molecule has 120 valence electrons. The molecule has 0 aliphatic carbocycles. The Hall–Kier alpha value is -2.89. The van der Waals surface area contributed by atoms with Crippen LogP contribution in [0.3, 0.4) is 0 Å². The number of hydrogen-bond donors (Lipinski definition) is 1. The van der Waals surface area contributed by atoms with Crippen LogP contribution in [0.2, 0.25) is 0 Å². The second kappa shape index (κ2) is 7.40. The Morgan fingerprint density at radius 2 is 1.91 bits per heavy atom. The largest absolute Gasteiger partial charge is 0.618 e. The van der Waals surface area contributed by atoms with Crippen LogP contribution in [0.5, 0.6) is 0 Å². The van der Waals surface area contributed by atoms with Gasteiger partial charge in [0.05, 0.1) is 0 Å². The van der Waals surface area contributed by atoms with Crippen LogP contribution in [0.15, 0.2) is 48.7 Å². The third-order valence-corrected chi connectivity index (χ3v) is 3.32. The minimum absolute atomic E-state index is 0.167. The van der Waals surface area contributed by atoms with Gasteiger partial charge in [0.2, 0.25) is 0 Å². The van der Waals surface area contributed by atoms with E-state index in [9.17, 15) is 14.8 Å². The van der Waals surface area contributed by atoms with Gasteiger partial charge in [0.25, 0.3) is 5.91 Å². The number of amides is 1. The van der Waals surface area contributed by atoms with Gasteiger partial charge in [-0.25, -0.2) is 4.79 Å². The lowest BCUT2D eigenvalue weighted by Crippen LogP contribution is -2.37. The monoisotopic (exact) mass is 314 g/mol. The number of benzene rings is 1. The smallest absolute Gasteiger partial charge is 0.405 e. The predicted molar refractivity (Wildman–Crippen MR) is 84.7 cm³/mol. The van der Waals surface area contributed by atoms with Crippen LogP contribution in [0.1, 0.15) is 29.9 Å². The SMILES string of the molecule is CCc1ccc(NC(=O)[C@@H](C)OC(=O)c2cccc[n+]2[O-])cc1. The highest BCUT2D eigenvalue weighted by atomic mass is 16.6. The number of hydrogen-bond acceptors (Lipinski definition) is 4. The van der Waals surface area contributed by atoms with Crippen LogP contribution in [0, 0.1) is 5.21 Å². The standard InChI is InChI=1S/C17H18N2O4/c1-3-13-7-9-14(10-8-13)18-16(20)12(2)23-17(21)15-6-4-5-11-19(15)22/h4-12H,3H2,1-2H3,(H,18,20)/t12-/m1/s1. The zero-order chi connectivity index (χ0) is 16.8. The number of nitrogens with zero attached hydrogens (tertiary/aromatic N) is 1. The minimum atomic E-state index is -1.02. The maximum atomic E-state index is 12.0. The number of ether oxygens (including phenoxy) is 1. The first-order chi connectivity index (χ1) is 11.0. The maximum Gasteiger partial charge on any atom is 0.405 e. The van der Waals surface area contributed by atoms with Crippen LogP contribution in [-0.2, 0) is 16.0 Å².